The molecule has 1 heterocycles. The highest BCUT2D eigenvalue weighted by molar-refractivity contribution is 6.11. The molecule has 1 aliphatic carbocycles. The summed E-state index contributed by atoms with van der Waals surface area (Å²) in [7, 11) is 0. The van der Waals surface area contributed by atoms with Gasteiger partial charge in [0.2, 0.25) is 0 Å². The maximum absolute atomic E-state index is 12.6. The molecule has 3 N–H and O–H groups in total. The summed E-state index contributed by atoms with van der Waals surface area (Å²) in [5, 5.41) is 3.31. The average molecular weight is 297 g/mol. The zero-order chi connectivity index (χ0) is 15.4. The number of nitrogens with one attached hydrogen (secondary N) is 3. The van der Waals surface area contributed by atoms with Gasteiger partial charge in [-0.05, 0) is 44.2 Å². The monoisotopic (exact) mass is 297 g/mol. The van der Waals surface area contributed by atoms with E-state index in [1.165, 1.54) is 0 Å². The van der Waals surface area contributed by atoms with E-state index in [2.05, 4.69) is 23.1 Å². The minimum atomic E-state index is 0.182. The van der Waals surface area contributed by atoms with E-state index in [0.717, 1.165) is 42.4 Å². The molecule has 2 atom stereocenters. The van der Waals surface area contributed by atoms with Gasteiger partial charge in [-0.3, -0.25) is 10.2 Å². The Morgan fingerprint density at radius 3 is 2.64 bits per heavy atom. The number of hydrogen-bond donors (Lipinski definition) is 3. The van der Waals surface area contributed by atoms with Gasteiger partial charge < -0.3 is 5.32 Å². The molecule has 116 valence electrons. The predicted molar refractivity (Wildman–Crippen MR) is 88.6 cm³/mol. The molecule has 0 radical (unpaired) electrons. The first-order valence-corrected chi connectivity index (χ1v) is 7.99. The molecule has 0 aromatic heterocycles. The third-order valence-electron chi connectivity index (χ3n) is 4.17. The molecule has 3 rings (SSSR count). The van der Waals surface area contributed by atoms with Crippen LogP contribution in [0.3, 0.4) is 0 Å². The van der Waals surface area contributed by atoms with Gasteiger partial charge in [0.25, 0.3) is 0 Å². The number of hydrazine groups is 1. The number of ketones is 1. The number of rotatable bonds is 3. The van der Waals surface area contributed by atoms with Crippen LogP contribution in [-0.4, -0.2) is 18.0 Å². The second-order valence-electron chi connectivity index (χ2n) is 6.08. The predicted octanol–water partition coefficient (Wildman–Crippen LogP) is 2.51. The van der Waals surface area contributed by atoms with Gasteiger partial charge in [0.1, 0.15) is 0 Å². The Morgan fingerprint density at radius 2 is 1.91 bits per heavy atom. The van der Waals surface area contributed by atoms with E-state index < -0.39 is 0 Å². The number of Topliss-reactive ketones (excluding diaryl/α,β-unsaturated/α-hetero) is 1. The summed E-state index contributed by atoms with van der Waals surface area (Å²) in [5.41, 5.74) is 9.24. The standard InChI is InChI=1S/C18H23N3O/c1-13-10-17(21-20-13)19-12-16-9-5-8-15(18(16)22)11-14-6-3-2-4-7-14/h2-4,6-7,11-13,17,19-21H,5,8-10H2,1H3/b15-11-,16-12+. The topological polar surface area (TPSA) is 53.2 Å². The average Bonchev–Trinajstić information content (AvgIpc) is 2.95. The van der Waals surface area contributed by atoms with Gasteiger partial charge in [-0.2, -0.15) is 0 Å². The van der Waals surface area contributed by atoms with Crippen LogP contribution in [0.2, 0.25) is 0 Å². The summed E-state index contributed by atoms with van der Waals surface area (Å²) in [4.78, 5) is 12.6. The Hall–Kier alpha value is -1.91. The molecule has 2 aliphatic rings. The molecule has 2 fully saturated rings. The van der Waals surface area contributed by atoms with Gasteiger partial charge in [-0.15, -0.1) is 0 Å². The van der Waals surface area contributed by atoms with Crippen molar-refractivity contribution in [3.63, 3.8) is 0 Å². The van der Waals surface area contributed by atoms with E-state index in [1.807, 2.05) is 42.6 Å². The molecule has 4 nitrogen and oxygen atoms in total. The van der Waals surface area contributed by atoms with Crippen molar-refractivity contribution < 1.29 is 4.79 Å². The first kappa shape index (κ1) is 15.0. The Labute approximate surface area is 131 Å². The van der Waals surface area contributed by atoms with Crippen molar-refractivity contribution in [1.29, 1.82) is 0 Å². The number of carbonyl (C=O) groups is 1. The van der Waals surface area contributed by atoms with Gasteiger partial charge in [0, 0.05) is 23.4 Å². The van der Waals surface area contributed by atoms with Crippen molar-refractivity contribution in [2.45, 2.75) is 44.8 Å². The number of allylic oxidation sites excluding steroid dienone is 2. The van der Waals surface area contributed by atoms with Crippen LogP contribution >= 0.6 is 0 Å². The van der Waals surface area contributed by atoms with E-state index in [9.17, 15) is 4.79 Å². The summed E-state index contributed by atoms with van der Waals surface area (Å²) in [6, 6.07) is 10.5. The van der Waals surface area contributed by atoms with Gasteiger partial charge in [0.05, 0.1) is 6.17 Å². The molecule has 0 spiro atoms. The quantitative estimate of drug-likeness (QED) is 0.750. The fourth-order valence-electron chi connectivity index (χ4n) is 2.95. The van der Waals surface area contributed by atoms with Crippen LogP contribution in [0.15, 0.2) is 47.7 Å². The largest absolute Gasteiger partial charge is 0.374 e. The van der Waals surface area contributed by atoms with Crippen molar-refractivity contribution in [2.24, 2.45) is 0 Å². The molecule has 0 bridgehead atoms. The van der Waals surface area contributed by atoms with Crippen LogP contribution in [0.5, 0.6) is 0 Å². The van der Waals surface area contributed by atoms with Crippen LogP contribution < -0.4 is 16.2 Å². The molecule has 1 aliphatic heterocycles. The first-order chi connectivity index (χ1) is 10.7. The van der Waals surface area contributed by atoms with E-state index in [4.69, 9.17) is 0 Å². The molecule has 1 saturated carbocycles. The van der Waals surface area contributed by atoms with Crippen molar-refractivity contribution >= 4 is 11.9 Å². The zero-order valence-electron chi connectivity index (χ0n) is 12.9. The third-order valence-corrected chi connectivity index (χ3v) is 4.17. The maximum atomic E-state index is 12.6. The van der Waals surface area contributed by atoms with Crippen LogP contribution in [0.1, 0.15) is 38.2 Å². The number of carbonyl (C=O) groups excluding carboxylic acids is 1. The highest BCUT2D eigenvalue weighted by Crippen LogP contribution is 2.26. The highest BCUT2D eigenvalue weighted by atomic mass is 16.1. The lowest BCUT2D eigenvalue weighted by Gasteiger charge is -2.18. The zero-order valence-corrected chi connectivity index (χ0v) is 12.9. The molecule has 1 aromatic rings. The second-order valence-corrected chi connectivity index (χ2v) is 6.08. The fourth-order valence-corrected chi connectivity index (χ4v) is 2.95. The summed E-state index contributed by atoms with van der Waals surface area (Å²) in [5.74, 6) is 0.182. The Bertz CT molecular complexity index is 592. The minimum absolute atomic E-state index is 0.182. The second kappa shape index (κ2) is 6.90. The normalized spacial score (nSPS) is 29.2. The summed E-state index contributed by atoms with van der Waals surface area (Å²) >= 11 is 0. The van der Waals surface area contributed by atoms with E-state index in [0.29, 0.717) is 6.04 Å². The van der Waals surface area contributed by atoms with Crippen molar-refractivity contribution in [1.82, 2.24) is 16.2 Å². The van der Waals surface area contributed by atoms with Crippen LogP contribution in [0, 0.1) is 0 Å². The van der Waals surface area contributed by atoms with E-state index in [-0.39, 0.29) is 11.9 Å². The van der Waals surface area contributed by atoms with Gasteiger partial charge in [-0.1, -0.05) is 30.3 Å². The minimum Gasteiger partial charge on any atom is -0.374 e. The molecule has 1 aromatic carbocycles. The fraction of sp³-hybridized carbons (Fsp3) is 0.389. The van der Waals surface area contributed by atoms with E-state index >= 15 is 0 Å². The van der Waals surface area contributed by atoms with Crippen LogP contribution in [0.4, 0.5) is 0 Å². The number of hydrogen-bond acceptors (Lipinski definition) is 4. The Balaban J connectivity index is 1.68. The lowest BCUT2D eigenvalue weighted by atomic mass is 9.88. The lowest BCUT2D eigenvalue weighted by Crippen LogP contribution is -2.39. The molecule has 22 heavy (non-hydrogen) atoms. The Morgan fingerprint density at radius 1 is 1.14 bits per heavy atom. The first-order valence-electron chi connectivity index (χ1n) is 7.99. The molecular formula is C18H23N3O. The lowest BCUT2D eigenvalue weighted by molar-refractivity contribution is -0.112. The summed E-state index contributed by atoms with van der Waals surface area (Å²) in [6.07, 6.45) is 7.87. The third kappa shape index (κ3) is 3.64. The highest BCUT2D eigenvalue weighted by Gasteiger charge is 2.22. The van der Waals surface area contributed by atoms with Crippen LogP contribution in [0.25, 0.3) is 6.08 Å². The van der Waals surface area contributed by atoms with Gasteiger partial charge in [-0.25, -0.2) is 5.43 Å². The summed E-state index contributed by atoms with van der Waals surface area (Å²) < 4.78 is 0. The molecule has 1 saturated heterocycles. The van der Waals surface area contributed by atoms with Gasteiger partial charge in [0.15, 0.2) is 5.78 Å². The van der Waals surface area contributed by atoms with Crippen molar-refractivity contribution in [3.05, 3.63) is 53.2 Å². The number of benzene rings is 1. The molecular weight excluding hydrogens is 274 g/mol. The van der Waals surface area contributed by atoms with Crippen molar-refractivity contribution in [3.8, 4) is 0 Å². The summed E-state index contributed by atoms with van der Waals surface area (Å²) in [6.45, 7) is 2.13. The Kier molecular flexibility index (Phi) is 4.71. The van der Waals surface area contributed by atoms with Crippen molar-refractivity contribution in [2.75, 3.05) is 0 Å². The SMILES string of the molecule is CC1CC(N/C=C2\CCC/C(=C/c3ccccc3)C2=O)NN1. The van der Waals surface area contributed by atoms with Crippen LogP contribution in [-0.2, 0) is 4.79 Å². The maximum Gasteiger partial charge on any atom is 0.186 e. The van der Waals surface area contributed by atoms with E-state index in [1.54, 1.807) is 0 Å². The molecule has 2 unspecified atom stereocenters. The smallest absolute Gasteiger partial charge is 0.186 e. The molecule has 0 amide bonds. The molecule has 4 heteroatoms. The van der Waals surface area contributed by atoms with Gasteiger partial charge >= 0.3 is 0 Å².